The number of aromatic nitrogens is 2. The van der Waals surface area contributed by atoms with Gasteiger partial charge in [0.1, 0.15) is 11.9 Å². The van der Waals surface area contributed by atoms with Gasteiger partial charge in [0.15, 0.2) is 0 Å². The highest BCUT2D eigenvalue weighted by Gasteiger charge is 2.14. The molecule has 1 unspecified atom stereocenters. The number of urea groups is 1. The van der Waals surface area contributed by atoms with E-state index in [1.54, 1.807) is 19.1 Å². The zero-order chi connectivity index (χ0) is 14.0. The molecule has 0 radical (unpaired) electrons. The van der Waals surface area contributed by atoms with Crippen molar-refractivity contribution in [2.24, 2.45) is 5.73 Å². The Morgan fingerprint density at radius 2 is 2.32 bits per heavy atom. The number of imidazole rings is 1. The molecule has 7 heteroatoms. The van der Waals surface area contributed by atoms with Crippen LogP contribution in [-0.4, -0.2) is 27.2 Å². The van der Waals surface area contributed by atoms with Crippen LogP contribution in [0.4, 0.5) is 10.5 Å². The SMILES string of the molecule is CC(O)c1nc2cc(N)ccc2n1CCNC(N)=O. The van der Waals surface area contributed by atoms with Crippen LogP contribution in [0.15, 0.2) is 18.2 Å². The van der Waals surface area contributed by atoms with Gasteiger partial charge in [-0.2, -0.15) is 0 Å². The van der Waals surface area contributed by atoms with Crippen LogP contribution in [0.5, 0.6) is 0 Å². The van der Waals surface area contributed by atoms with E-state index in [1.807, 2.05) is 10.6 Å². The molecule has 0 bridgehead atoms. The molecular formula is C12H17N5O2. The summed E-state index contributed by atoms with van der Waals surface area (Å²) in [7, 11) is 0. The third-order valence-electron chi connectivity index (χ3n) is 2.81. The number of benzene rings is 1. The molecule has 0 spiro atoms. The molecule has 19 heavy (non-hydrogen) atoms. The molecule has 2 aromatic rings. The molecule has 0 fully saturated rings. The van der Waals surface area contributed by atoms with Crippen LogP contribution in [0.1, 0.15) is 18.9 Å². The summed E-state index contributed by atoms with van der Waals surface area (Å²) in [5, 5.41) is 12.3. The Morgan fingerprint density at radius 1 is 1.58 bits per heavy atom. The van der Waals surface area contributed by atoms with Crippen molar-refractivity contribution in [3.63, 3.8) is 0 Å². The minimum atomic E-state index is -0.706. The number of carbonyl (C=O) groups excluding carboxylic acids is 1. The molecule has 1 atom stereocenters. The monoisotopic (exact) mass is 263 g/mol. The standard InChI is InChI=1S/C12H17N5O2/c1-7(18)11-16-9-6-8(13)2-3-10(9)17(11)5-4-15-12(14)19/h2-3,6-7,18H,4-5,13H2,1H3,(H3,14,15,19). The molecule has 0 aliphatic rings. The van der Waals surface area contributed by atoms with Crippen LogP contribution in [0.3, 0.4) is 0 Å². The van der Waals surface area contributed by atoms with E-state index < -0.39 is 12.1 Å². The Labute approximate surface area is 110 Å². The quantitative estimate of drug-likeness (QED) is 0.594. The number of hydrogen-bond donors (Lipinski definition) is 4. The maximum Gasteiger partial charge on any atom is 0.312 e. The van der Waals surface area contributed by atoms with E-state index in [4.69, 9.17) is 11.5 Å². The number of anilines is 1. The number of nitrogens with one attached hydrogen (secondary N) is 1. The van der Waals surface area contributed by atoms with E-state index in [9.17, 15) is 9.90 Å². The van der Waals surface area contributed by atoms with E-state index in [-0.39, 0.29) is 0 Å². The van der Waals surface area contributed by atoms with Gasteiger partial charge in [0, 0.05) is 18.8 Å². The topological polar surface area (TPSA) is 119 Å². The fraction of sp³-hybridized carbons (Fsp3) is 0.333. The van der Waals surface area contributed by atoms with E-state index in [0.29, 0.717) is 24.6 Å². The van der Waals surface area contributed by atoms with Crippen molar-refractivity contribution in [2.75, 3.05) is 12.3 Å². The third kappa shape index (κ3) is 2.76. The predicted octanol–water partition coefficient (Wildman–Crippen LogP) is 0.340. The van der Waals surface area contributed by atoms with E-state index in [1.165, 1.54) is 0 Å². The first-order chi connectivity index (χ1) is 8.99. The van der Waals surface area contributed by atoms with Crippen LogP contribution in [0.2, 0.25) is 0 Å². The summed E-state index contributed by atoms with van der Waals surface area (Å²) in [5.41, 5.74) is 12.9. The number of rotatable bonds is 4. The van der Waals surface area contributed by atoms with E-state index in [0.717, 1.165) is 11.0 Å². The number of carbonyl (C=O) groups is 1. The normalized spacial score (nSPS) is 12.5. The molecule has 0 aliphatic heterocycles. The van der Waals surface area contributed by atoms with Crippen molar-refractivity contribution in [2.45, 2.75) is 19.6 Å². The van der Waals surface area contributed by atoms with Gasteiger partial charge in [-0.25, -0.2) is 9.78 Å². The number of fused-ring (bicyclic) bond motifs is 1. The number of nitrogens with zero attached hydrogens (tertiary/aromatic N) is 2. The van der Waals surface area contributed by atoms with E-state index >= 15 is 0 Å². The summed E-state index contributed by atoms with van der Waals surface area (Å²) in [6.07, 6.45) is -0.706. The Morgan fingerprint density at radius 3 is 2.95 bits per heavy atom. The number of primary amides is 1. The van der Waals surface area contributed by atoms with Crippen LogP contribution in [0, 0.1) is 0 Å². The Kier molecular flexibility index (Phi) is 3.57. The lowest BCUT2D eigenvalue weighted by atomic mass is 10.3. The smallest absolute Gasteiger partial charge is 0.312 e. The van der Waals surface area contributed by atoms with Gasteiger partial charge in [0.2, 0.25) is 0 Å². The Bertz CT molecular complexity index is 605. The van der Waals surface area contributed by atoms with Crippen molar-refractivity contribution in [1.29, 1.82) is 0 Å². The molecule has 1 aromatic carbocycles. The van der Waals surface area contributed by atoms with Gasteiger partial charge in [-0.15, -0.1) is 0 Å². The van der Waals surface area contributed by atoms with Gasteiger partial charge < -0.3 is 26.5 Å². The highest BCUT2D eigenvalue weighted by molar-refractivity contribution is 5.79. The second-order valence-electron chi connectivity index (χ2n) is 4.34. The second kappa shape index (κ2) is 5.15. The average molecular weight is 263 g/mol. The maximum atomic E-state index is 10.7. The van der Waals surface area contributed by atoms with Crippen molar-refractivity contribution < 1.29 is 9.90 Å². The fourth-order valence-electron chi connectivity index (χ4n) is 2.01. The summed E-state index contributed by atoms with van der Waals surface area (Å²) in [6.45, 7) is 2.48. The number of nitrogens with two attached hydrogens (primary N) is 2. The molecule has 1 heterocycles. The minimum absolute atomic E-state index is 0.366. The molecule has 1 aromatic heterocycles. The molecular weight excluding hydrogens is 246 g/mol. The minimum Gasteiger partial charge on any atom is -0.399 e. The van der Waals surface area contributed by atoms with Gasteiger partial charge in [-0.3, -0.25) is 0 Å². The first-order valence-electron chi connectivity index (χ1n) is 5.96. The van der Waals surface area contributed by atoms with Gasteiger partial charge in [0.05, 0.1) is 11.0 Å². The maximum absolute atomic E-state index is 10.7. The predicted molar refractivity (Wildman–Crippen MR) is 72.4 cm³/mol. The van der Waals surface area contributed by atoms with Crippen molar-refractivity contribution in [3.05, 3.63) is 24.0 Å². The Hall–Kier alpha value is -2.28. The summed E-state index contributed by atoms with van der Waals surface area (Å²) in [5.74, 6) is 0.534. The first kappa shape index (κ1) is 13.2. The number of nitrogen functional groups attached to an aromatic ring is 1. The van der Waals surface area contributed by atoms with Crippen LogP contribution >= 0.6 is 0 Å². The molecule has 0 saturated heterocycles. The van der Waals surface area contributed by atoms with E-state index in [2.05, 4.69) is 10.3 Å². The van der Waals surface area contributed by atoms with Gasteiger partial charge >= 0.3 is 6.03 Å². The number of hydrogen-bond acceptors (Lipinski definition) is 4. The highest BCUT2D eigenvalue weighted by atomic mass is 16.3. The largest absolute Gasteiger partial charge is 0.399 e. The van der Waals surface area contributed by atoms with Crippen LogP contribution < -0.4 is 16.8 Å². The highest BCUT2D eigenvalue weighted by Crippen LogP contribution is 2.22. The molecule has 0 saturated carbocycles. The van der Waals surface area contributed by atoms with Crippen molar-refractivity contribution >= 4 is 22.8 Å². The van der Waals surface area contributed by atoms with Crippen LogP contribution in [0.25, 0.3) is 11.0 Å². The van der Waals surface area contributed by atoms with Crippen LogP contribution in [-0.2, 0) is 6.54 Å². The number of aliphatic hydroxyl groups excluding tert-OH is 1. The lowest BCUT2D eigenvalue weighted by molar-refractivity contribution is 0.184. The van der Waals surface area contributed by atoms with Crippen molar-refractivity contribution in [1.82, 2.24) is 14.9 Å². The molecule has 2 rings (SSSR count). The average Bonchev–Trinajstić information content (AvgIpc) is 2.67. The third-order valence-corrected chi connectivity index (χ3v) is 2.81. The molecule has 2 amide bonds. The summed E-state index contributed by atoms with van der Waals surface area (Å²) in [6, 6.07) is 4.79. The van der Waals surface area contributed by atoms with Gasteiger partial charge in [-0.1, -0.05) is 0 Å². The zero-order valence-corrected chi connectivity index (χ0v) is 10.6. The molecule has 7 nitrogen and oxygen atoms in total. The zero-order valence-electron chi connectivity index (χ0n) is 10.6. The summed E-state index contributed by atoms with van der Waals surface area (Å²) in [4.78, 5) is 15.0. The van der Waals surface area contributed by atoms with Crippen molar-refractivity contribution in [3.8, 4) is 0 Å². The molecule has 6 N–H and O–H groups in total. The first-order valence-corrected chi connectivity index (χ1v) is 5.96. The Balaban J connectivity index is 2.37. The fourth-order valence-corrected chi connectivity index (χ4v) is 2.01. The lowest BCUT2D eigenvalue weighted by Crippen LogP contribution is -2.32. The lowest BCUT2D eigenvalue weighted by Gasteiger charge is -2.11. The number of aliphatic hydroxyl groups is 1. The molecule has 0 aliphatic carbocycles. The second-order valence-corrected chi connectivity index (χ2v) is 4.34. The molecule has 102 valence electrons. The van der Waals surface area contributed by atoms with Gasteiger partial charge in [0.25, 0.3) is 0 Å². The summed E-state index contributed by atoms with van der Waals surface area (Å²) >= 11 is 0. The summed E-state index contributed by atoms with van der Waals surface area (Å²) < 4.78 is 1.84. The van der Waals surface area contributed by atoms with Gasteiger partial charge in [-0.05, 0) is 25.1 Å². The number of amides is 2.